The van der Waals surface area contributed by atoms with Gasteiger partial charge in [0.05, 0.1) is 16.9 Å². The van der Waals surface area contributed by atoms with E-state index in [-0.39, 0.29) is 11.6 Å². The smallest absolute Gasteiger partial charge is 0.269 e. The third-order valence-electron chi connectivity index (χ3n) is 4.12. The highest BCUT2D eigenvalue weighted by Gasteiger charge is 2.08. The minimum Gasteiger partial charge on any atom is -0.455 e. The van der Waals surface area contributed by atoms with Crippen molar-refractivity contribution < 1.29 is 14.1 Å². The summed E-state index contributed by atoms with van der Waals surface area (Å²) in [5.41, 5.74) is 5.63. The number of hydrogen-bond acceptors (Lipinski definition) is 6. The van der Waals surface area contributed by atoms with E-state index in [0.29, 0.717) is 22.8 Å². The second-order valence-electron chi connectivity index (χ2n) is 6.22. The van der Waals surface area contributed by atoms with Crippen molar-refractivity contribution in [1.29, 1.82) is 0 Å². The second kappa shape index (κ2) is 9.70. The third kappa shape index (κ3) is 5.79. The van der Waals surface area contributed by atoms with Crippen molar-refractivity contribution in [3.63, 3.8) is 0 Å². The first-order valence-electron chi connectivity index (χ1n) is 8.82. The summed E-state index contributed by atoms with van der Waals surface area (Å²) in [5.74, 6) is 1.90. The minimum atomic E-state index is -0.452. The van der Waals surface area contributed by atoms with E-state index < -0.39 is 4.92 Å². The van der Waals surface area contributed by atoms with Gasteiger partial charge in [-0.25, -0.2) is 5.43 Å². The fourth-order valence-corrected chi connectivity index (χ4v) is 3.45. The lowest BCUT2D eigenvalue weighted by molar-refractivity contribution is -0.384. The largest absolute Gasteiger partial charge is 0.455 e. The van der Waals surface area contributed by atoms with Gasteiger partial charge >= 0.3 is 0 Å². The molecule has 29 heavy (non-hydrogen) atoms. The number of hydrazone groups is 1. The zero-order valence-electron chi connectivity index (χ0n) is 15.7. The molecule has 3 aromatic rings. The Hall–Kier alpha value is -3.39. The Morgan fingerprint density at radius 1 is 1.17 bits per heavy atom. The van der Waals surface area contributed by atoms with E-state index in [1.54, 1.807) is 24.3 Å². The van der Waals surface area contributed by atoms with Crippen LogP contribution in [0.5, 0.6) is 0 Å². The van der Waals surface area contributed by atoms with Crippen molar-refractivity contribution in [2.24, 2.45) is 5.10 Å². The molecule has 1 heterocycles. The third-order valence-corrected chi connectivity index (χ3v) is 5.10. The molecule has 1 N–H and O–H groups in total. The molecule has 0 fully saturated rings. The zero-order chi connectivity index (χ0) is 20.6. The maximum Gasteiger partial charge on any atom is 0.269 e. The summed E-state index contributed by atoms with van der Waals surface area (Å²) in [5, 5.41) is 14.6. The van der Waals surface area contributed by atoms with E-state index in [0.717, 1.165) is 5.75 Å². The van der Waals surface area contributed by atoms with Crippen molar-refractivity contribution in [1.82, 2.24) is 5.43 Å². The van der Waals surface area contributed by atoms with Gasteiger partial charge in [0.25, 0.3) is 5.69 Å². The molecular formula is C21H19N3O4S. The fourth-order valence-electron chi connectivity index (χ4n) is 2.55. The summed E-state index contributed by atoms with van der Waals surface area (Å²) < 4.78 is 5.63. The molecule has 0 atom stereocenters. The summed E-state index contributed by atoms with van der Waals surface area (Å²) >= 11 is 1.52. The highest BCUT2D eigenvalue weighted by molar-refractivity contribution is 7.99. The molecular weight excluding hydrogens is 390 g/mol. The van der Waals surface area contributed by atoms with Crippen LogP contribution in [0.2, 0.25) is 0 Å². The van der Waals surface area contributed by atoms with Crippen LogP contribution in [0.3, 0.4) is 0 Å². The average Bonchev–Trinajstić information content (AvgIpc) is 3.18. The van der Waals surface area contributed by atoms with Gasteiger partial charge in [-0.1, -0.05) is 24.3 Å². The molecule has 1 aromatic heterocycles. The number of amides is 1. The van der Waals surface area contributed by atoms with E-state index in [4.69, 9.17) is 4.42 Å². The highest BCUT2D eigenvalue weighted by atomic mass is 32.2. The Bertz CT molecular complexity index is 1030. The lowest BCUT2D eigenvalue weighted by Crippen LogP contribution is -2.19. The molecule has 3 rings (SSSR count). The Kier molecular flexibility index (Phi) is 6.80. The normalized spacial score (nSPS) is 10.9. The zero-order valence-corrected chi connectivity index (χ0v) is 16.5. The average molecular weight is 409 g/mol. The number of thioether (sulfide) groups is 1. The summed E-state index contributed by atoms with van der Waals surface area (Å²) in [6.07, 6.45) is 1.42. The van der Waals surface area contributed by atoms with Crippen LogP contribution in [-0.2, 0) is 10.5 Å². The lowest BCUT2D eigenvalue weighted by Gasteiger charge is -2.04. The maximum absolute atomic E-state index is 11.9. The quantitative estimate of drug-likeness (QED) is 0.334. The van der Waals surface area contributed by atoms with Gasteiger partial charge in [-0.2, -0.15) is 5.10 Å². The number of aryl methyl sites for hydroxylation is 1. The van der Waals surface area contributed by atoms with E-state index in [2.05, 4.69) is 29.6 Å². The molecule has 0 spiro atoms. The van der Waals surface area contributed by atoms with Crippen molar-refractivity contribution in [2.45, 2.75) is 12.7 Å². The number of nitro groups is 1. The summed E-state index contributed by atoms with van der Waals surface area (Å²) in [6.45, 7) is 2.05. The molecule has 7 nitrogen and oxygen atoms in total. The minimum absolute atomic E-state index is 0.0186. The summed E-state index contributed by atoms with van der Waals surface area (Å²) in [4.78, 5) is 22.1. The van der Waals surface area contributed by atoms with Crippen molar-refractivity contribution in [3.8, 4) is 11.3 Å². The number of carbonyl (C=O) groups is 1. The van der Waals surface area contributed by atoms with Crippen LogP contribution in [0.25, 0.3) is 11.3 Å². The van der Waals surface area contributed by atoms with Crippen LogP contribution in [0.15, 0.2) is 70.2 Å². The SMILES string of the molecule is Cc1ccccc1CSCC(=O)N/N=C\c1ccc(-c2ccc([N+](=O)[O-])cc2)o1. The molecule has 0 radical (unpaired) electrons. The molecule has 2 aromatic carbocycles. The van der Waals surface area contributed by atoms with Gasteiger partial charge in [0, 0.05) is 23.4 Å². The number of nitrogens with one attached hydrogen (secondary N) is 1. The molecule has 148 valence electrons. The molecule has 0 bridgehead atoms. The number of nitrogens with zero attached hydrogens (tertiary/aromatic N) is 2. The molecule has 0 unspecified atom stereocenters. The topological polar surface area (TPSA) is 97.7 Å². The number of rotatable bonds is 8. The van der Waals surface area contributed by atoms with Crippen molar-refractivity contribution in [3.05, 3.63) is 87.7 Å². The highest BCUT2D eigenvalue weighted by Crippen LogP contribution is 2.24. The van der Waals surface area contributed by atoms with Crippen LogP contribution in [-0.4, -0.2) is 22.8 Å². The molecule has 0 aliphatic carbocycles. The van der Waals surface area contributed by atoms with Gasteiger partial charge in [0.15, 0.2) is 0 Å². The number of hydrogen-bond donors (Lipinski definition) is 1. The van der Waals surface area contributed by atoms with Crippen LogP contribution in [0, 0.1) is 17.0 Å². The number of carbonyl (C=O) groups excluding carboxylic acids is 1. The standard InChI is InChI=1S/C21H19N3O4S/c1-15-4-2-3-5-17(15)13-29-14-21(25)23-22-12-19-10-11-20(28-19)16-6-8-18(9-7-16)24(26)27/h2-12H,13-14H2,1H3,(H,23,25)/b22-12-. The van der Waals surface area contributed by atoms with Gasteiger partial charge in [0.1, 0.15) is 11.5 Å². The molecule has 0 saturated carbocycles. The number of nitro benzene ring substituents is 1. The maximum atomic E-state index is 11.9. The van der Waals surface area contributed by atoms with E-state index in [9.17, 15) is 14.9 Å². The molecule has 8 heteroatoms. The molecule has 0 aliphatic rings. The monoisotopic (exact) mass is 409 g/mol. The van der Waals surface area contributed by atoms with Crippen LogP contribution < -0.4 is 5.43 Å². The fraction of sp³-hybridized carbons (Fsp3) is 0.143. The molecule has 0 aliphatic heterocycles. The number of benzene rings is 2. The van der Waals surface area contributed by atoms with E-state index in [1.165, 1.54) is 41.2 Å². The lowest BCUT2D eigenvalue weighted by atomic mass is 10.1. The molecule has 0 saturated heterocycles. The predicted octanol–water partition coefficient (Wildman–Crippen LogP) is 4.55. The first-order chi connectivity index (χ1) is 14.0. The Labute approximate surface area is 172 Å². The summed E-state index contributed by atoms with van der Waals surface area (Å²) in [7, 11) is 0. The first-order valence-corrected chi connectivity index (χ1v) is 9.97. The number of furan rings is 1. The van der Waals surface area contributed by atoms with Crippen LogP contribution in [0.4, 0.5) is 5.69 Å². The Morgan fingerprint density at radius 3 is 2.66 bits per heavy atom. The van der Waals surface area contributed by atoms with Gasteiger partial charge < -0.3 is 4.42 Å². The van der Waals surface area contributed by atoms with Gasteiger partial charge in [-0.05, 0) is 42.3 Å². The van der Waals surface area contributed by atoms with E-state index >= 15 is 0 Å². The molecule has 1 amide bonds. The Morgan fingerprint density at radius 2 is 1.93 bits per heavy atom. The Balaban J connectivity index is 1.47. The number of non-ortho nitro benzene ring substituents is 1. The van der Waals surface area contributed by atoms with Crippen LogP contribution in [0.1, 0.15) is 16.9 Å². The van der Waals surface area contributed by atoms with Crippen molar-refractivity contribution >= 4 is 29.6 Å². The van der Waals surface area contributed by atoms with Gasteiger partial charge in [0.2, 0.25) is 5.91 Å². The van der Waals surface area contributed by atoms with Crippen molar-refractivity contribution in [2.75, 3.05) is 5.75 Å². The second-order valence-corrected chi connectivity index (χ2v) is 7.20. The van der Waals surface area contributed by atoms with Crippen LogP contribution >= 0.6 is 11.8 Å². The first kappa shape index (κ1) is 20.3. The van der Waals surface area contributed by atoms with E-state index in [1.807, 2.05) is 12.1 Å². The van der Waals surface area contributed by atoms with Gasteiger partial charge in [-0.3, -0.25) is 14.9 Å². The van der Waals surface area contributed by atoms with Gasteiger partial charge in [-0.15, -0.1) is 11.8 Å². The predicted molar refractivity (Wildman–Crippen MR) is 114 cm³/mol. The summed E-state index contributed by atoms with van der Waals surface area (Å²) in [6, 6.07) is 17.6.